The number of hydrogen-bond acceptors (Lipinski definition) is 7. The van der Waals surface area contributed by atoms with E-state index in [1.165, 1.54) is 23.1 Å². The van der Waals surface area contributed by atoms with Crippen molar-refractivity contribution in [2.24, 2.45) is 7.05 Å². The lowest BCUT2D eigenvalue weighted by Crippen LogP contribution is -2.16. The molecule has 0 atom stereocenters. The first-order chi connectivity index (χ1) is 16.5. The third kappa shape index (κ3) is 5.21. The molecular formula is C25H24N4O3S2. The Morgan fingerprint density at radius 2 is 1.85 bits per heavy atom. The van der Waals surface area contributed by atoms with Crippen molar-refractivity contribution in [3.8, 4) is 22.5 Å². The quantitative estimate of drug-likeness (QED) is 0.261. The molecule has 0 unspecified atom stereocenters. The van der Waals surface area contributed by atoms with Gasteiger partial charge in [0, 0.05) is 23.6 Å². The second-order valence-electron chi connectivity index (χ2n) is 7.51. The molecule has 1 amide bonds. The van der Waals surface area contributed by atoms with Gasteiger partial charge in [0.15, 0.2) is 11.0 Å². The number of esters is 1. The Hall–Kier alpha value is -3.43. The Morgan fingerprint density at radius 1 is 1.09 bits per heavy atom. The van der Waals surface area contributed by atoms with E-state index in [0.717, 1.165) is 28.1 Å². The third-order valence-electron chi connectivity index (χ3n) is 5.05. The Bertz CT molecular complexity index is 1310. The molecule has 0 saturated carbocycles. The molecule has 0 aliphatic heterocycles. The maximum Gasteiger partial charge on any atom is 0.341 e. The third-order valence-corrected chi connectivity index (χ3v) is 6.97. The predicted octanol–water partition coefficient (Wildman–Crippen LogP) is 5.43. The Morgan fingerprint density at radius 3 is 2.59 bits per heavy atom. The number of nitrogens with zero attached hydrogens (tertiary/aromatic N) is 3. The highest BCUT2D eigenvalue weighted by Gasteiger charge is 2.23. The van der Waals surface area contributed by atoms with Gasteiger partial charge in [0.05, 0.1) is 12.4 Å². The van der Waals surface area contributed by atoms with Crippen LogP contribution in [0, 0.1) is 6.92 Å². The highest BCUT2D eigenvalue weighted by Crippen LogP contribution is 2.36. The summed E-state index contributed by atoms with van der Waals surface area (Å²) in [5, 5.41) is 14.4. The lowest BCUT2D eigenvalue weighted by atomic mass is 10.0. The van der Waals surface area contributed by atoms with Crippen molar-refractivity contribution in [1.82, 2.24) is 14.8 Å². The molecule has 4 rings (SSSR count). The molecule has 2 aromatic heterocycles. The number of anilines is 1. The smallest absolute Gasteiger partial charge is 0.341 e. The van der Waals surface area contributed by atoms with Crippen LogP contribution in [0.15, 0.2) is 65.1 Å². The number of amides is 1. The molecule has 0 fully saturated rings. The molecule has 0 aliphatic carbocycles. The van der Waals surface area contributed by atoms with Crippen LogP contribution in [0.25, 0.3) is 22.5 Å². The molecule has 1 N–H and O–H groups in total. The number of aryl methyl sites for hydroxylation is 1. The van der Waals surface area contributed by atoms with Gasteiger partial charge in [-0.2, -0.15) is 0 Å². The number of rotatable bonds is 8. The van der Waals surface area contributed by atoms with E-state index >= 15 is 0 Å². The number of thioether (sulfide) groups is 1. The van der Waals surface area contributed by atoms with E-state index in [4.69, 9.17) is 4.74 Å². The number of thiophene rings is 1. The van der Waals surface area contributed by atoms with E-state index in [0.29, 0.717) is 15.7 Å². The average Bonchev–Trinajstić information content (AvgIpc) is 3.42. The molecule has 0 saturated heterocycles. The van der Waals surface area contributed by atoms with E-state index in [1.54, 1.807) is 6.92 Å². The van der Waals surface area contributed by atoms with Gasteiger partial charge in [0.2, 0.25) is 5.91 Å². The van der Waals surface area contributed by atoms with Crippen molar-refractivity contribution in [2.45, 2.75) is 19.0 Å². The molecule has 2 aromatic carbocycles. The fourth-order valence-electron chi connectivity index (χ4n) is 3.45. The standard InChI is InChI=1S/C25H24N4O3S2/c1-4-32-24(31)21-19(17-10-6-5-7-11-17)14-33-23(21)26-20(30)15-34-25-28-27-22(29(25)3)18-12-8-9-16(2)13-18/h5-14H,4,15H2,1-3H3,(H,26,30). The van der Waals surface area contributed by atoms with Crippen LogP contribution in [-0.4, -0.2) is 39.0 Å². The van der Waals surface area contributed by atoms with Crippen LogP contribution >= 0.6 is 23.1 Å². The SMILES string of the molecule is CCOC(=O)c1c(-c2ccccc2)csc1NC(=O)CSc1nnc(-c2cccc(C)c2)n1C. The summed E-state index contributed by atoms with van der Waals surface area (Å²) in [7, 11) is 1.88. The largest absolute Gasteiger partial charge is 0.462 e. The Kier molecular flexibility index (Phi) is 7.44. The van der Waals surface area contributed by atoms with Gasteiger partial charge >= 0.3 is 5.97 Å². The van der Waals surface area contributed by atoms with Crippen LogP contribution in [0.2, 0.25) is 0 Å². The van der Waals surface area contributed by atoms with Crippen LogP contribution in [0.1, 0.15) is 22.8 Å². The first kappa shape index (κ1) is 23.7. The molecule has 34 heavy (non-hydrogen) atoms. The minimum atomic E-state index is -0.457. The molecular weight excluding hydrogens is 468 g/mol. The van der Waals surface area contributed by atoms with Crippen LogP contribution in [0.4, 0.5) is 5.00 Å². The minimum absolute atomic E-state index is 0.126. The summed E-state index contributed by atoms with van der Waals surface area (Å²) in [6.45, 7) is 4.03. The van der Waals surface area contributed by atoms with Crippen molar-refractivity contribution >= 4 is 40.0 Å². The van der Waals surface area contributed by atoms with E-state index in [9.17, 15) is 9.59 Å². The van der Waals surface area contributed by atoms with E-state index in [1.807, 2.05) is 78.5 Å². The molecule has 0 radical (unpaired) electrons. The van der Waals surface area contributed by atoms with Crippen LogP contribution in [0.5, 0.6) is 0 Å². The van der Waals surface area contributed by atoms with Crippen molar-refractivity contribution < 1.29 is 14.3 Å². The summed E-state index contributed by atoms with van der Waals surface area (Å²) in [5.74, 6) is 0.168. The topological polar surface area (TPSA) is 86.1 Å². The normalized spacial score (nSPS) is 10.8. The summed E-state index contributed by atoms with van der Waals surface area (Å²) in [4.78, 5) is 25.5. The van der Waals surface area contributed by atoms with Gasteiger partial charge in [-0.25, -0.2) is 4.79 Å². The molecule has 2 heterocycles. The molecule has 0 bridgehead atoms. The summed E-state index contributed by atoms with van der Waals surface area (Å²) < 4.78 is 7.13. The Balaban J connectivity index is 1.49. The number of benzene rings is 2. The number of ether oxygens (including phenoxy) is 1. The van der Waals surface area contributed by atoms with Crippen LogP contribution in [0.3, 0.4) is 0 Å². The number of nitrogens with one attached hydrogen (secondary N) is 1. The number of aromatic nitrogens is 3. The summed E-state index contributed by atoms with van der Waals surface area (Å²) >= 11 is 2.59. The van der Waals surface area contributed by atoms with Crippen molar-refractivity contribution in [2.75, 3.05) is 17.7 Å². The molecule has 0 spiro atoms. The molecule has 9 heteroatoms. The zero-order chi connectivity index (χ0) is 24.1. The summed E-state index contributed by atoms with van der Waals surface area (Å²) in [6, 6.07) is 17.6. The molecule has 4 aromatic rings. The van der Waals surface area contributed by atoms with Crippen molar-refractivity contribution in [3.63, 3.8) is 0 Å². The maximum absolute atomic E-state index is 12.8. The lowest BCUT2D eigenvalue weighted by Gasteiger charge is -2.09. The van der Waals surface area contributed by atoms with Gasteiger partial charge < -0.3 is 14.6 Å². The van der Waals surface area contributed by atoms with E-state index in [-0.39, 0.29) is 18.3 Å². The second kappa shape index (κ2) is 10.7. The van der Waals surface area contributed by atoms with E-state index in [2.05, 4.69) is 15.5 Å². The number of hydrogen-bond donors (Lipinski definition) is 1. The van der Waals surface area contributed by atoms with Gasteiger partial charge in [-0.3, -0.25) is 4.79 Å². The van der Waals surface area contributed by atoms with Gasteiger partial charge in [0.25, 0.3) is 0 Å². The van der Waals surface area contributed by atoms with Gasteiger partial charge in [0.1, 0.15) is 10.6 Å². The number of carbonyl (C=O) groups is 2. The molecule has 7 nitrogen and oxygen atoms in total. The van der Waals surface area contributed by atoms with Crippen molar-refractivity contribution in [3.05, 3.63) is 71.1 Å². The predicted molar refractivity (Wildman–Crippen MR) is 136 cm³/mol. The van der Waals surface area contributed by atoms with Gasteiger partial charge in [-0.05, 0) is 25.5 Å². The lowest BCUT2D eigenvalue weighted by molar-refractivity contribution is -0.113. The fourth-order valence-corrected chi connectivity index (χ4v) is 5.14. The zero-order valence-corrected chi connectivity index (χ0v) is 20.7. The minimum Gasteiger partial charge on any atom is -0.462 e. The second-order valence-corrected chi connectivity index (χ2v) is 9.33. The first-order valence-electron chi connectivity index (χ1n) is 10.7. The Labute approximate surface area is 206 Å². The van der Waals surface area contributed by atoms with Crippen molar-refractivity contribution in [1.29, 1.82) is 0 Å². The fraction of sp³-hybridized carbons (Fsp3) is 0.200. The van der Waals surface area contributed by atoms with Crippen LogP contribution < -0.4 is 5.32 Å². The highest BCUT2D eigenvalue weighted by molar-refractivity contribution is 7.99. The van der Waals surface area contributed by atoms with E-state index < -0.39 is 5.97 Å². The van der Waals surface area contributed by atoms with Crippen LogP contribution in [-0.2, 0) is 16.6 Å². The zero-order valence-electron chi connectivity index (χ0n) is 19.1. The summed E-state index contributed by atoms with van der Waals surface area (Å²) in [6.07, 6.45) is 0. The maximum atomic E-state index is 12.8. The first-order valence-corrected chi connectivity index (χ1v) is 12.6. The molecule has 174 valence electrons. The monoisotopic (exact) mass is 492 g/mol. The van der Waals surface area contributed by atoms with Gasteiger partial charge in [-0.1, -0.05) is 65.9 Å². The summed E-state index contributed by atoms with van der Waals surface area (Å²) in [5.41, 5.74) is 4.11. The van der Waals surface area contributed by atoms with Gasteiger partial charge in [-0.15, -0.1) is 21.5 Å². The number of carbonyl (C=O) groups excluding carboxylic acids is 2. The average molecular weight is 493 g/mol. The molecule has 0 aliphatic rings. The highest BCUT2D eigenvalue weighted by atomic mass is 32.2.